The van der Waals surface area contributed by atoms with E-state index in [1.54, 1.807) is 6.20 Å². The van der Waals surface area contributed by atoms with Gasteiger partial charge in [0.05, 0.1) is 0 Å². The number of pyridine rings is 1. The highest BCUT2D eigenvalue weighted by molar-refractivity contribution is 5.93. The molecule has 2 fully saturated rings. The molecule has 0 radical (unpaired) electrons. The van der Waals surface area contributed by atoms with Crippen LogP contribution in [0.4, 0.5) is 0 Å². The molecule has 0 bridgehead atoms. The number of aryl methyl sites for hydroxylation is 1. The molecule has 2 saturated heterocycles. The van der Waals surface area contributed by atoms with E-state index in [4.69, 9.17) is 0 Å². The van der Waals surface area contributed by atoms with Gasteiger partial charge in [-0.2, -0.15) is 0 Å². The number of hydrogen-bond donors (Lipinski definition) is 1. The molecule has 2 aliphatic heterocycles. The molecule has 0 aromatic carbocycles. The van der Waals surface area contributed by atoms with Gasteiger partial charge < -0.3 is 10.2 Å². The van der Waals surface area contributed by atoms with Gasteiger partial charge in [-0.25, -0.2) is 0 Å². The maximum atomic E-state index is 12.5. The fourth-order valence-corrected chi connectivity index (χ4v) is 3.15. The van der Waals surface area contributed by atoms with Crippen molar-refractivity contribution in [3.63, 3.8) is 0 Å². The minimum atomic E-state index is 0.0125. The van der Waals surface area contributed by atoms with E-state index in [1.807, 2.05) is 24.0 Å². The Morgan fingerprint density at radius 1 is 1.45 bits per heavy atom. The molecule has 0 saturated carbocycles. The summed E-state index contributed by atoms with van der Waals surface area (Å²) in [5.74, 6) is 0.541. The first-order chi connectivity index (χ1) is 9.65. The lowest BCUT2D eigenvalue weighted by Gasteiger charge is -2.41. The van der Waals surface area contributed by atoms with Crippen LogP contribution in [0, 0.1) is 12.8 Å². The molecule has 0 spiro atoms. The lowest BCUT2D eigenvalue weighted by Crippen LogP contribution is -2.55. The number of fused-ring (bicyclic) bond motifs is 1. The van der Waals surface area contributed by atoms with Gasteiger partial charge in [0, 0.05) is 31.7 Å². The number of rotatable bonds is 1. The number of hydrogen-bond acceptors (Lipinski definition) is 3. The first-order valence-corrected chi connectivity index (χ1v) is 7.15. The zero-order chi connectivity index (χ0) is 14.1. The van der Waals surface area contributed by atoms with Crippen LogP contribution >= 0.6 is 0 Å². The van der Waals surface area contributed by atoms with Crippen molar-refractivity contribution in [1.82, 2.24) is 15.2 Å². The van der Waals surface area contributed by atoms with Crippen molar-refractivity contribution in [2.24, 2.45) is 5.92 Å². The molecule has 106 valence electrons. The highest BCUT2D eigenvalue weighted by Crippen LogP contribution is 2.26. The summed E-state index contributed by atoms with van der Waals surface area (Å²) in [7, 11) is 0. The van der Waals surface area contributed by atoms with Crippen LogP contribution < -0.4 is 5.32 Å². The largest absolute Gasteiger partial charge is 0.353 e. The van der Waals surface area contributed by atoms with E-state index < -0.39 is 0 Å². The maximum Gasteiger partial charge on any atom is 0.272 e. The first kappa shape index (κ1) is 13.1. The zero-order valence-corrected chi connectivity index (χ0v) is 11.6. The van der Waals surface area contributed by atoms with Crippen molar-refractivity contribution < 1.29 is 9.59 Å². The molecule has 2 unspecified atom stereocenters. The second kappa shape index (κ2) is 5.23. The summed E-state index contributed by atoms with van der Waals surface area (Å²) in [6.45, 7) is 3.32. The second-order valence-electron chi connectivity index (χ2n) is 5.68. The highest BCUT2D eigenvalue weighted by Gasteiger charge is 2.35. The van der Waals surface area contributed by atoms with Gasteiger partial charge in [0.1, 0.15) is 5.69 Å². The fraction of sp³-hybridized carbons (Fsp3) is 0.533. The van der Waals surface area contributed by atoms with Crippen LogP contribution in [-0.2, 0) is 4.79 Å². The Hall–Kier alpha value is -1.91. The molecular formula is C15H19N3O2. The normalized spacial score (nSPS) is 25.9. The quantitative estimate of drug-likeness (QED) is 0.834. The molecule has 0 aliphatic carbocycles. The van der Waals surface area contributed by atoms with Crippen molar-refractivity contribution in [3.05, 3.63) is 29.6 Å². The van der Waals surface area contributed by atoms with E-state index in [0.29, 0.717) is 24.6 Å². The molecule has 1 aromatic heterocycles. The third-order valence-electron chi connectivity index (χ3n) is 4.32. The van der Waals surface area contributed by atoms with E-state index >= 15 is 0 Å². The third-order valence-corrected chi connectivity index (χ3v) is 4.32. The highest BCUT2D eigenvalue weighted by atomic mass is 16.2. The standard InChI is InChI=1S/C15H19N3O2/c1-10-3-2-7-16-14(10)15(20)18-8-6-12-11(9-18)4-5-13(19)17-12/h2-3,7,11-12H,4-6,8-9H2,1H3,(H,17,19). The molecule has 1 N–H and O–H groups in total. The van der Waals surface area contributed by atoms with Crippen molar-refractivity contribution >= 4 is 11.8 Å². The van der Waals surface area contributed by atoms with E-state index in [0.717, 1.165) is 24.9 Å². The summed E-state index contributed by atoms with van der Waals surface area (Å²) < 4.78 is 0. The number of nitrogens with one attached hydrogen (secondary N) is 1. The lowest BCUT2D eigenvalue weighted by molar-refractivity contribution is -0.125. The van der Waals surface area contributed by atoms with Gasteiger partial charge in [-0.05, 0) is 37.3 Å². The third kappa shape index (κ3) is 2.40. The number of carbonyl (C=O) groups is 2. The molecule has 1 aromatic rings. The maximum absolute atomic E-state index is 12.5. The summed E-state index contributed by atoms with van der Waals surface area (Å²) >= 11 is 0. The number of amides is 2. The zero-order valence-electron chi connectivity index (χ0n) is 11.6. The van der Waals surface area contributed by atoms with E-state index in [2.05, 4.69) is 10.3 Å². The van der Waals surface area contributed by atoms with Gasteiger partial charge >= 0.3 is 0 Å². The van der Waals surface area contributed by atoms with Gasteiger partial charge in [0.2, 0.25) is 5.91 Å². The number of piperidine rings is 2. The molecule has 2 amide bonds. The summed E-state index contributed by atoms with van der Waals surface area (Å²) in [6, 6.07) is 3.99. The van der Waals surface area contributed by atoms with Gasteiger partial charge in [-0.15, -0.1) is 0 Å². The smallest absolute Gasteiger partial charge is 0.272 e. The van der Waals surface area contributed by atoms with Crippen LogP contribution in [0.3, 0.4) is 0 Å². The van der Waals surface area contributed by atoms with Crippen molar-refractivity contribution in [1.29, 1.82) is 0 Å². The molecule has 20 heavy (non-hydrogen) atoms. The Labute approximate surface area is 118 Å². The van der Waals surface area contributed by atoms with Crippen LogP contribution in [0.2, 0.25) is 0 Å². The topological polar surface area (TPSA) is 62.3 Å². The Kier molecular flexibility index (Phi) is 3.42. The average molecular weight is 273 g/mol. The summed E-state index contributed by atoms with van der Waals surface area (Å²) in [4.78, 5) is 30.0. The first-order valence-electron chi connectivity index (χ1n) is 7.15. The van der Waals surface area contributed by atoms with Crippen LogP contribution in [-0.4, -0.2) is 40.8 Å². The average Bonchev–Trinajstić information content (AvgIpc) is 2.46. The van der Waals surface area contributed by atoms with Gasteiger partial charge in [0.25, 0.3) is 5.91 Å². The van der Waals surface area contributed by atoms with Crippen LogP contribution in [0.25, 0.3) is 0 Å². The Morgan fingerprint density at radius 3 is 3.10 bits per heavy atom. The van der Waals surface area contributed by atoms with Crippen LogP contribution in [0.5, 0.6) is 0 Å². The minimum absolute atomic E-state index is 0.0125. The van der Waals surface area contributed by atoms with Crippen molar-refractivity contribution in [2.75, 3.05) is 13.1 Å². The lowest BCUT2D eigenvalue weighted by atomic mass is 9.85. The SMILES string of the molecule is Cc1cccnc1C(=O)N1CCC2NC(=O)CCC2C1. The van der Waals surface area contributed by atoms with Crippen LogP contribution in [0.15, 0.2) is 18.3 Å². The Morgan fingerprint density at radius 2 is 2.30 bits per heavy atom. The molecule has 2 atom stereocenters. The molecule has 3 heterocycles. The minimum Gasteiger partial charge on any atom is -0.353 e. The van der Waals surface area contributed by atoms with Crippen molar-refractivity contribution in [3.8, 4) is 0 Å². The van der Waals surface area contributed by atoms with Gasteiger partial charge in [-0.3, -0.25) is 14.6 Å². The van der Waals surface area contributed by atoms with E-state index in [-0.39, 0.29) is 17.9 Å². The predicted octanol–water partition coefficient (Wildman–Crippen LogP) is 1.13. The number of likely N-dealkylation sites (tertiary alicyclic amines) is 1. The van der Waals surface area contributed by atoms with Crippen LogP contribution in [0.1, 0.15) is 35.3 Å². The molecule has 5 heteroatoms. The summed E-state index contributed by atoms with van der Waals surface area (Å²) in [5.41, 5.74) is 1.46. The summed E-state index contributed by atoms with van der Waals surface area (Å²) in [6.07, 6.45) is 3.95. The van der Waals surface area contributed by atoms with Gasteiger partial charge in [-0.1, -0.05) is 6.07 Å². The Bertz CT molecular complexity index is 544. The van der Waals surface area contributed by atoms with Crippen molar-refractivity contribution in [2.45, 2.75) is 32.2 Å². The molecular weight excluding hydrogens is 254 g/mol. The number of nitrogens with zero attached hydrogens (tertiary/aromatic N) is 2. The molecule has 5 nitrogen and oxygen atoms in total. The molecule has 2 aliphatic rings. The number of carbonyl (C=O) groups excluding carboxylic acids is 2. The Balaban J connectivity index is 1.72. The summed E-state index contributed by atoms with van der Waals surface area (Å²) in [5, 5.41) is 3.04. The molecule has 3 rings (SSSR count). The monoisotopic (exact) mass is 273 g/mol. The van der Waals surface area contributed by atoms with Gasteiger partial charge in [0.15, 0.2) is 0 Å². The van der Waals surface area contributed by atoms with E-state index in [9.17, 15) is 9.59 Å². The number of aromatic nitrogens is 1. The predicted molar refractivity (Wildman–Crippen MR) is 74.1 cm³/mol. The van der Waals surface area contributed by atoms with E-state index in [1.165, 1.54) is 0 Å². The fourth-order valence-electron chi connectivity index (χ4n) is 3.15. The second-order valence-corrected chi connectivity index (χ2v) is 5.68.